The molecule has 4 nitrogen and oxygen atoms in total. The molecule has 5 heteroatoms. The van der Waals surface area contributed by atoms with E-state index in [2.05, 4.69) is 38.1 Å². The van der Waals surface area contributed by atoms with Gasteiger partial charge in [-0.1, -0.05) is 12.8 Å². The summed E-state index contributed by atoms with van der Waals surface area (Å²) in [5.74, 6) is 6.97. The molecule has 0 saturated carbocycles. The van der Waals surface area contributed by atoms with Crippen LogP contribution in [0.3, 0.4) is 0 Å². The van der Waals surface area contributed by atoms with Crippen LogP contribution in [0.1, 0.15) is 27.2 Å². The van der Waals surface area contributed by atoms with Crippen molar-refractivity contribution >= 4 is 26.5 Å². The van der Waals surface area contributed by atoms with Crippen molar-refractivity contribution in [2.45, 2.75) is 27.2 Å². The number of nitrogens with one attached hydrogen (secondary N) is 1. The minimum atomic E-state index is -0.135. The zero-order valence-corrected chi connectivity index (χ0v) is 12.6. The Balaban J connectivity index is 3.18. The van der Waals surface area contributed by atoms with Crippen LogP contribution in [0.15, 0.2) is 28.3 Å². The van der Waals surface area contributed by atoms with Crippen LogP contribution >= 0.6 is 15.9 Å². The van der Waals surface area contributed by atoms with E-state index in [-0.39, 0.29) is 5.91 Å². The molecule has 0 aromatic rings. The average molecular weight is 310 g/mol. The number of halogens is 1. The maximum Gasteiger partial charge on any atom is 0.256 e. The van der Waals surface area contributed by atoms with Gasteiger partial charge < -0.3 is 10.2 Å². The van der Waals surface area contributed by atoms with Gasteiger partial charge in [0.25, 0.3) is 5.91 Å². The van der Waals surface area contributed by atoms with Gasteiger partial charge >= 0.3 is 0 Å². The number of hydrogen-bond donors (Lipinski definition) is 1. The van der Waals surface area contributed by atoms with E-state index in [4.69, 9.17) is 0 Å². The lowest BCUT2D eigenvalue weighted by atomic mass is 10.2. The van der Waals surface area contributed by atoms with Gasteiger partial charge in [-0.3, -0.25) is 4.79 Å². The number of carbonyl (C=O) groups is 1. The molecule has 1 aliphatic heterocycles. The monoisotopic (exact) mass is 309 g/mol. The first-order valence-electron chi connectivity index (χ1n) is 5.66. The molecule has 1 heterocycles. The van der Waals surface area contributed by atoms with Gasteiger partial charge in [-0.05, 0) is 41.8 Å². The summed E-state index contributed by atoms with van der Waals surface area (Å²) in [6.07, 6.45) is 2.59. The normalized spacial score (nSPS) is 18.7. The highest BCUT2D eigenvalue weighted by molar-refractivity contribution is 9.18. The molecule has 0 spiro atoms. The molecule has 0 radical (unpaired) electrons. The first-order chi connectivity index (χ1) is 8.51. The van der Waals surface area contributed by atoms with Crippen LogP contribution in [0.2, 0.25) is 0 Å². The van der Waals surface area contributed by atoms with Gasteiger partial charge in [0, 0.05) is 13.5 Å². The van der Waals surface area contributed by atoms with Crippen molar-refractivity contribution in [3.63, 3.8) is 0 Å². The summed E-state index contributed by atoms with van der Waals surface area (Å²) >= 11 is 3.30. The van der Waals surface area contributed by atoms with Gasteiger partial charge in [-0.2, -0.15) is 0 Å². The van der Waals surface area contributed by atoms with Crippen LogP contribution in [-0.2, 0) is 4.79 Å². The second-order valence-electron chi connectivity index (χ2n) is 3.69. The van der Waals surface area contributed by atoms with Crippen LogP contribution < -0.4 is 5.32 Å². The number of aliphatic imine (C=N–C) groups is 1. The van der Waals surface area contributed by atoms with Crippen molar-refractivity contribution in [1.29, 1.82) is 0 Å². The maximum absolute atomic E-state index is 11.8. The van der Waals surface area contributed by atoms with Crippen molar-refractivity contribution in [2.75, 3.05) is 7.05 Å². The van der Waals surface area contributed by atoms with Crippen molar-refractivity contribution in [1.82, 2.24) is 10.2 Å². The Bertz CT molecular complexity index is 506. The van der Waals surface area contributed by atoms with Crippen LogP contribution in [-0.4, -0.2) is 22.5 Å². The summed E-state index contributed by atoms with van der Waals surface area (Å²) in [6.45, 7) is 5.57. The van der Waals surface area contributed by atoms with E-state index in [1.54, 1.807) is 6.92 Å². The molecular formula is C13H16BrN3O. The lowest BCUT2D eigenvalue weighted by molar-refractivity contribution is -0.117. The standard InChI is InChI=1S/C13H16BrN3O/c1-5-7-8-10(14)15-12-9(3)13(18)16-11(6-2)17(12)4/h6H,5H2,1-4H3,(H,16,18). The second-order valence-corrected chi connectivity index (χ2v) is 4.44. The van der Waals surface area contributed by atoms with Crippen LogP contribution in [0, 0.1) is 11.8 Å². The number of amides is 1. The van der Waals surface area contributed by atoms with E-state index in [0.29, 0.717) is 21.8 Å². The number of allylic oxidation sites excluding steroid dienone is 1. The zero-order chi connectivity index (χ0) is 13.7. The van der Waals surface area contributed by atoms with Gasteiger partial charge in [0.05, 0.1) is 5.57 Å². The summed E-state index contributed by atoms with van der Waals surface area (Å²) in [7, 11) is 1.85. The smallest absolute Gasteiger partial charge is 0.256 e. The van der Waals surface area contributed by atoms with Crippen molar-refractivity contribution < 1.29 is 4.79 Å². The van der Waals surface area contributed by atoms with Gasteiger partial charge in [0.2, 0.25) is 0 Å². The fourth-order valence-corrected chi connectivity index (χ4v) is 1.78. The molecule has 0 aromatic heterocycles. The minimum absolute atomic E-state index is 0.135. The number of hydrogen-bond acceptors (Lipinski definition) is 3. The Hall–Kier alpha value is -1.54. The van der Waals surface area contributed by atoms with Gasteiger partial charge in [-0.25, -0.2) is 4.99 Å². The van der Waals surface area contributed by atoms with Crippen LogP contribution in [0.25, 0.3) is 0 Å². The highest BCUT2D eigenvalue weighted by atomic mass is 79.9. The third-order valence-corrected chi connectivity index (χ3v) is 2.82. The SMILES string of the molecule is CC=C1NC(=O)C(C)=C(N=C(Br)C#CCC)N1C. The van der Waals surface area contributed by atoms with E-state index in [0.717, 1.165) is 6.42 Å². The summed E-state index contributed by atoms with van der Waals surface area (Å²) in [6, 6.07) is 0. The predicted molar refractivity (Wildman–Crippen MR) is 76.8 cm³/mol. The minimum Gasteiger partial charge on any atom is -0.315 e. The largest absolute Gasteiger partial charge is 0.315 e. The maximum atomic E-state index is 11.8. The predicted octanol–water partition coefficient (Wildman–Crippen LogP) is 2.35. The van der Waals surface area contributed by atoms with Crippen LogP contribution in [0.5, 0.6) is 0 Å². The van der Waals surface area contributed by atoms with Crippen molar-refractivity contribution in [3.05, 3.63) is 23.3 Å². The fraction of sp³-hybridized carbons (Fsp3) is 0.385. The zero-order valence-electron chi connectivity index (χ0n) is 11.0. The van der Waals surface area contributed by atoms with Crippen molar-refractivity contribution in [3.8, 4) is 11.8 Å². The molecule has 0 saturated heterocycles. The highest BCUT2D eigenvalue weighted by Gasteiger charge is 2.23. The molecular weight excluding hydrogens is 294 g/mol. The van der Waals surface area contributed by atoms with Gasteiger partial charge in [-0.15, -0.1) is 0 Å². The Morgan fingerprint density at radius 1 is 1.61 bits per heavy atom. The molecule has 0 fully saturated rings. The molecule has 1 amide bonds. The third-order valence-electron chi connectivity index (χ3n) is 2.44. The molecule has 0 atom stereocenters. The Kier molecular flexibility index (Phi) is 5.17. The van der Waals surface area contributed by atoms with E-state index in [1.165, 1.54) is 0 Å². The Labute approximate surface area is 116 Å². The number of rotatable bonds is 1. The first kappa shape index (κ1) is 14.5. The van der Waals surface area contributed by atoms with Gasteiger partial charge in [0.1, 0.15) is 11.6 Å². The lowest BCUT2D eigenvalue weighted by Gasteiger charge is -2.29. The molecule has 1 aliphatic rings. The molecule has 18 heavy (non-hydrogen) atoms. The molecule has 1 rings (SSSR count). The quantitative estimate of drug-likeness (QED) is 0.597. The molecule has 0 unspecified atom stereocenters. The Morgan fingerprint density at radius 3 is 2.83 bits per heavy atom. The average Bonchev–Trinajstić information content (AvgIpc) is 2.36. The molecule has 96 valence electrons. The first-order valence-corrected chi connectivity index (χ1v) is 6.45. The Morgan fingerprint density at radius 2 is 2.28 bits per heavy atom. The van der Waals surface area contributed by atoms with E-state index in [1.807, 2.05) is 31.9 Å². The highest BCUT2D eigenvalue weighted by Crippen LogP contribution is 2.20. The molecule has 1 N–H and O–H groups in total. The summed E-state index contributed by atoms with van der Waals surface area (Å²) in [4.78, 5) is 17.9. The summed E-state index contributed by atoms with van der Waals surface area (Å²) in [5.41, 5.74) is 0.568. The number of nitrogens with zero attached hydrogens (tertiary/aromatic N) is 2. The summed E-state index contributed by atoms with van der Waals surface area (Å²) < 4.78 is 0.524. The topological polar surface area (TPSA) is 44.7 Å². The van der Waals surface area contributed by atoms with Crippen LogP contribution in [0.4, 0.5) is 0 Å². The van der Waals surface area contributed by atoms with Gasteiger partial charge in [0.15, 0.2) is 4.62 Å². The van der Waals surface area contributed by atoms with E-state index in [9.17, 15) is 4.79 Å². The third kappa shape index (κ3) is 3.23. The number of carbonyl (C=O) groups excluding carboxylic acids is 1. The summed E-state index contributed by atoms with van der Waals surface area (Å²) in [5, 5.41) is 2.78. The van der Waals surface area contributed by atoms with Crippen molar-refractivity contribution in [2.24, 2.45) is 4.99 Å². The molecule has 0 aliphatic carbocycles. The van der Waals surface area contributed by atoms with E-state index >= 15 is 0 Å². The second kappa shape index (κ2) is 6.41. The van der Waals surface area contributed by atoms with E-state index < -0.39 is 0 Å². The lowest BCUT2D eigenvalue weighted by Crippen LogP contribution is -2.39. The fourth-order valence-electron chi connectivity index (χ4n) is 1.47. The molecule has 0 aromatic carbocycles. The molecule has 0 bridgehead atoms.